The summed E-state index contributed by atoms with van der Waals surface area (Å²) in [6.45, 7) is 7.96. The van der Waals surface area contributed by atoms with E-state index in [1.807, 2.05) is 20.8 Å². The lowest BCUT2D eigenvalue weighted by Gasteiger charge is -2.02. The van der Waals surface area contributed by atoms with E-state index in [1.54, 1.807) is 4.57 Å². The molecule has 0 radical (unpaired) electrons. The summed E-state index contributed by atoms with van der Waals surface area (Å²) >= 11 is 0. The lowest BCUT2D eigenvalue weighted by Crippen LogP contribution is -1.94. The van der Waals surface area contributed by atoms with Gasteiger partial charge in [0, 0.05) is 18.2 Å². The highest BCUT2D eigenvalue weighted by molar-refractivity contribution is 5.77. The Morgan fingerprint density at radius 1 is 1.31 bits per heavy atom. The zero-order valence-electron chi connectivity index (χ0n) is 10.0. The molecule has 88 valence electrons. The highest BCUT2D eigenvalue weighted by Gasteiger charge is 2.13. The molecule has 0 saturated heterocycles. The van der Waals surface area contributed by atoms with Crippen molar-refractivity contribution in [2.75, 3.05) is 0 Å². The quantitative estimate of drug-likeness (QED) is 0.725. The first-order valence-corrected chi connectivity index (χ1v) is 5.44. The van der Waals surface area contributed by atoms with Crippen LogP contribution in [-0.2, 0) is 6.54 Å². The highest BCUT2D eigenvalue weighted by Crippen LogP contribution is 2.22. The average Bonchev–Trinajstić information content (AvgIpc) is 2.71. The summed E-state index contributed by atoms with van der Waals surface area (Å²) in [7, 11) is 0. The summed E-state index contributed by atoms with van der Waals surface area (Å²) in [6.07, 6.45) is 1.52. The molecule has 2 aromatic rings. The zero-order valence-corrected chi connectivity index (χ0v) is 10.0. The molecule has 0 atom stereocenters. The fourth-order valence-electron chi connectivity index (χ4n) is 1.47. The molecule has 0 unspecified atom stereocenters. The Kier molecular flexibility index (Phi) is 3.99. The largest absolute Gasteiger partial charge is 0.331 e. The minimum absolute atomic E-state index is 0.0267. The van der Waals surface area contributed by atoms with Gasteiger partial charge in [0.25, 0.3) is 0 Å². The van der Waals surface area contributed by atoms with Gasteiger partial charge in [-0.3, -0.25) is 0 Å². The molecular weight excluding hydrogens is 210 g/mol. The molecule has 0 N–H and O–H groups in total. The molecule has 0 saturated carbocycles. The first-order chi connectivity index (χ1) is 7.65. The minimum atomic E-state index is -0.563. The first-order valence-electron chi connectivity index (χ1n) is 5.44. The first kappa shape index (κ1) is 12.6. The van der Waals surface area contributed by atoms with Crippen LogP contribution in [0.3, 0.4) is 0 Å². The van der Waals surface area contributed by atoms with E-state index in [4.69, 9.17) is 0 Å². The molecule has 0 bridgehead atoms. The topological polar surface area (TPSA) is 17.8 Å². The molecule has 2 nitrogen and oxygen atoms in total. The van der Waals surface area contributed by atoms with Gasteiger partial charge < -0.3 is 4.57 Å². The molecule has 2 rings (SSSR count). The Bertz CT molecular complexity index is 489. The van der Waals surface area contributed by atoms with E-state index in [-0.39, 0.29) is 11.1 Å². The molecule has 1 aromatic heterocycles. The standard InChI is InChI=1S/C10H10F2N2.C2H6/c1-3-14-5-13-10-8(14)4-7(11)6(2)9(10)12;1-2/h4-5H,3H2,1-2H3;1-2H3. The van der Waals surface area contributed by atoms with Gasteiger partial charge >= 0.3 is 0 Å². The van der Waals surface area contributed by atoms with Crippen LogP contribution in [0.15, 0.2) is 12.4 Å². The van der Waals surface area contributed by atoms with Crippen molar-refractivity contribution in [2.45, 2.75) is 34.2 Å². The van der Waals surface area contributed by atoms with E-state index in [1.165, 1.54) is 19.3 Å². The third kappa shape index (κ3) is 1.92. The third-order valence-corrected chi connectivity index (χ3v) is 2.38. The van der Waals surface area contributed by atoms with Crippen LogP contribution >= 0.6 is 0 Å². The molecule has 4 heteroatoms. The average molecular weight is 226 g/mol. The van der Waals surface area contributed by atoms with Gasteiger partial charge in [-0.05, 0) is 13.8 Å². The number of benzene rings is 1. The molecule has 0 aliphatic carbocycles. The van der Waals surface area contributed by atoms with Crippen molar-refractivity contribution < 1.29 is 8.78 Å². The van der Waals surface area contributed by atoms with Crippen molar-refractivity contribution >= 4 is 11.0 Å². The van der Waals surface area contributed by atoms with Gasteiger partial charge in [0.2, 0.25) is 0 Å². The second-order valence-electron chi connectivity index (χ2n) is 3.20. The summed E-state index contributed by atoms with van der Waals surface area (Å²) in [5.41, 5.74) is 0.776. The lowest BCUT2D eigenvalue weighted by atomic mass is 10.2. The van der Waals surface area contributed by atoms with E-state index >= 15 is 0 Å². The van der Waals surface area contributed by atoms with Gasteiger partial charge in [0.1, 0.15) is 11.3 Å². The van der Waals surface area contributed by atoms with Gasteiger partial charge in [0.05, 0.1) is 11.8 Å². The van der Waals surface area contributed by atoms with Crippen LogP contribution in [0.5, 0.6) is 0 Å². The fraction of sp³-hybridized carbons (Fsp3) is 0.417. The molecular formula is C12H16F2N2. The molecule has 0 aliphatic rings. The van der Waals surface area contributed by atoms with Gasteiger partial charge in [0.15, 0.2) is 5.82 Å². The van der Waals surface area contributed by atoms with Crippen LogP contribution in [0.1, 0.15) is 26.3 Å². The maximum Gasteiger partial charge on any atom is 0.156 e. The summed E-state index contributed by atoms with van der Waals surface area (Å²) in [5.74, 6) is -1.09. The maximum atomic E-state index is 13.5. The molecule has 0 spiro atoms. The second-order valence-corrected chi connectivity index (χ2v) is 3.20. The molecule has 1 aromatic carbocycles. The number of hydrogen-bond acceptors (Lipinski definition) is 1. The molecule has 16 heavy (non-hydrogen) atoms. The van der Waals surface area contributed by atoms with Gasteiger partial charge in [-0.1, -0.05) is 13.8 Å². The number of fused-ring (bicyclic) bond motifs is 1. The van der Waals surface area contributed by atoms with Crippen LogP contribution in [-0.4, -0.2) is 9.55 Å². The monoisotopic (exact) mass is 226 g/mol. The number of rotatable bonds is 1. The Balaban J connectivity index is 0.000000606. The van der Waals surface area contributed by atoms with Crippen molar-refractivity contribution in [3.8, 4) is 0 Å². The van der Waals surface area contributed by atoms with E-state index in [0.29, 0.717) is 12.1 Å². The van der Waals surface area contributed by atoms with Crippen LogP contribution in [0.4, 0.5) is 8.78 Å². The number of aryl methyl sites for hydroxylation is 1. The van der Waals surface area contributed by atoms with E-state index < -0.39 is 11.6 Å². The Morgan fingerprint density at radius 3 is 2.50 bits per heavy atom. The fourth-order valence-corrected chi connectivity index (χ4v) is 1.47. The summed E-state index contributed by atoms with van der Waals surface area (Å²) < 4.78 is 28.4. The molecule has 1 heterocycles. The maximum absolute atomic E-state index is 13.5. The normalized spacial score (nSPS) is 10.1. The molecule has 0 fully saturated rings. The van der Waals surface area contributed by atoms with Crippen molar-refractivity contribution in [3.05, 3.63) is 29.6 Å². The van der Waals surface area contributed by atoms with Gasteiger partial charge in [-0.2, -0.15) is 0 Å². The van der Waals surface area contributed by atoms with Crippen molar-refractivity contribution in [1.82, 2.24) is 9.55 Å². The van der Waals surface area contributed by atoms with Crippen molar-refractivity contribution in [1.29, 1.82) is 0 Å². The van der Waals surface area contributed by atoms with Gasteiger partial charge in [-0.25, -0.2) is 13.8 Å². The van der Waals surface area contributed by atoms with Crippen molar-refractivity contribution in [3.63, 3.8) is 0 Å². The van der Waals surface area contributed by atoms with Crippen LogP contribution in [0, 0.1) is 18.6 Å². The Morgan fingerprint density at radius 2 is 1.94 bits per heavy atom. The van der Waals surface area contributed by atoms with E-state index in [2.05, 4.69) is 4.98 Å². The van der Waals surface area contributed by atoms with Gasteiger partial charge in [-0.15, -0.1) is 0 Å². The summed E-state index contributed by atoms with van der Waals surface area (Å²) in [5, 5.41) is 0. The Hall–Kier alpha value is -1.45. The number of aromatic nitrogens is 2. The highest BCUT2D eigenvalue weighted by atomic mass is 19.1. The molecule has 0 amide bonds. The minimum Gasteiger partial charge on any atom is -0.331 e. The number of imidazole rings is 1. The predicted octanol–water partition coefficient (Wildman–Crippen LogP) is 3.67. The zero-order chi connectivity index (χ0) is 12.3. The SMILES string of the molecule is CC.CCn1cnc2c(F)c(C)c(F)cc21. The number of nitrogens with zero attached hydrogens (tertiary/aromatic N) is 2. The van der Waals surface area contributed by atoms with Crippen LogP contribution < -0.4 is 0 Å². The van der Waals surface area contributed by atoms with E-state index in [9.17, 15) is 8.78 Å². The lowest BCUT2D eigenvalue weighted by molar-refractivity contribution is 0.575. The smallest absolute Gasteiger partial charge is 0.156 e. The van der Waals surface area contributed by atoms with Crippen molar-refractivity contribution in [2.24, 2.45) is 0 Å². The third-order valence-electron chi connectivity index (χ3n) is 2.38. The summed E-state index contributed by atoms with van der Waals surface area (Å²) in [4.78, 5) is 3.91. The second kappa shape index (κ2) is 5.05. The Labute approximate surface area is 93.9 Å². The summed E-state index contributed by atoms with van der Waals surface area (Å²) in [6, 6.07) is 1.32. The number of halogens is 2. The van der Waals surface area contributed by atoms with Crippen LogP contribution in [0.25, 0.3) is 11.0 Å². The number of hydrogen-bond donors (Lipinski definition) is 0. The predicted molar refractivity (Wildman–Crippen MR) is 61.4 cm³/mol. The van der Waals surface area contributed by atoms with E-state index in [0.717, 1.165) is 0 Å². The molecule has 0 aliphatic heterocycles. The van der Waals surface area contributed by atoms with Crippen LogP contribution in [0.2, 0.25) is 0 Å².